The van der Waals surface area contributed by atoms with Crippen molar-refractivity contribution >= 4 is 28.6 Å². The fourth-order valence-electron chi connectivity index (χ4n) is 4.01. The van der Waals surface area contributed by atoms with Crippen LogP contribution >= 0.6 is 0 Å². The number of nitrogens with one attached hydrogen (secondary N) is 3. The molecule has 0 unspecified atom stereocenters. The van der Waals surface area contributed by atoms with Crippen molar-refractivity contribution in [2.24, 2.45) is 0 Å². The minimum Gasteiger partial charge on any atom is -0.493 e. The Balaban J connectivity index is 1.71. The quantitative estimate of drug-likeness (QED) is 0.276. The van der Waals surface area contributed by atoms with Gasteiger partial charge in [0.15, 0.2) is 11.5 Å². The van der Waals surface area contributed by atoms with Crippen LogP contribution in [0.3, 0.4) is 0 Å². The topological polar surface area (TPSA) is 71.6 Å². The predicted molar refractivity (Wildman–Crippen MR) is 138 cm³/mol. The highest BCUT2D eigenvalue weighted by molar-refractivity contribution is 6.37. The summed E-state index contributed by atoms with van der Waals surface area (Å²) in [5, 5.41) is 9.94. The van der Waals surface area contributed by atoms with E-state index in [-0.39, 0.29) is 5.91 Å². The minimum absolute atomic E-state index is 0.173. The minimum atomic E-state index is -0.173. The van der Waals surface area contributed by atoms with E-state index in [1.807, 2.05) is 48.5 Å². The van der Waals surface area contributed by atoms with Crippen molar-refractivity contribution in [2.75, 3.05) is 31.4 Å². The fourth-order valence-corrected chi connectivity index (χ4v) is 4.01. The number of benzene rings is 3. The zero-order valence-corrected chi connectivity index (χ0v) is 19.9. The van der Waals surface area contributed by atoms with Crippen molar-refractivity contribution in [1.82, 2.24) is 5.32 Å². The number of ether oxygens (including phenoxy) is 2. The van der Waals surface area contributed by atoms with E-state index in [4.69, 9.17) is 9.47 Å². The molecule has 3 aromatic carbocycles. The van der Waals surface area contributed by atoms with Crippen molar-refractivity contribution in [1.29, 1.82) is 0 Å². The zero-order chi connectivity index (χ0) is 23.9. The number of hydrogen-bond donors (Lipinski definition) is 3. The van der Waals surface area contributed by atoms with Crippen LogP contribution in [0.1, 0.15) is 36.5 Å². The molecule has 176 valence electrons. The monoisotopic (exact) mass is 457 g/mol. The lowest BCUT2D eigenvalue weighted by molar-refractivity contribution is -0.110. The lowest BCUT2D eigenvalue weighted by Gasteiger charge is -2.16. The zero-order valence-electron chi connectivity index (χ0n) is 19.9. The molecule has 0 fully saturated rings. The first kappa shape index (κ1) is 23.4. The van der Waals surface area contributed by atoms with Crippen LogP contribution in [0.25, 0.3) is 11.3 Å². The van der Waals surface area contributed by atoms with E-state index >= 15 is 0 Å². The summed E-state index contributed by atoms with van der Waals surface area (Å²) in [6, 6.07) is 21.8. The number of carbonyl (C=O) groups excluding carboxylic acids is 1. The standard InChI is InChI=1S/C28H31N3O3/c1-4-5-15-29-18-19-11-13-21(14-12-19)30-27(20-9-7-6-8-10-20)26-22-16-24(33-2)25(34-3)17-23(22)31-28(26)32/h6-14,16-17,29-30H,4-5,15,18H2,1-3H3,(H,31,32)/b27-26-. The van der Waals surface area contributed by atoms with Gasteiger partial charge in [-0.3, -0.25) is 4.79 Å². The Morgan fingerprint density at radius 3 is 2.32 bits per heavy atom. The van der Waals surface area contributed by atoms with E-state index in [0.717, 1.165) is 35.6 Å². The molecule has 0 aromatic heterocycles. The van der Waals surface area contributed by atoms with Gasteiger partial charge < -0.3 is 25.4 Å². The van der Waals surface area contributed by atoms with E-state index in [9.17, 15) is 4.79 Å². The molecule has 0 spiro atoms. The number of fused-ring (bicyclic) bond motifs is 1. The van der Waals surface area contributed by atoms with Gasteiger partial charge in [-0.15, -0.1) is 0 Å². The van der Waals surface area contributed by atoms with Crippen LogP contribution < -0.4 is 25.4 Å². The second-order valence-electron chi connectivity index (χ2n) is 8.18. The summed E-state index contributed by atoms with van der Waals surface area (Å²) >= 11 is 0. The molecule has 34 heavy (non-hydrogen) atoms. The fraction of sp³-hybridized carbons (Fsp3) is 0.250. The van der Waals surface area contributed by atoms with Crippen LogP contribution in [0, 0.1) is 0 Å². The van der Waals surface area contributed by atoms with Crippen molar-refractivity contribution in [3.05, 3.63) is 83.4 Å². The maximum absolute atomic E-state index is 13.2. The Kier molecular flexibility index (Phi) is 7.50. The molecule has 3 N–H and O–H groups in total. The van der Waals surface area contributed by atoms with Gasteiger partial charge in [-0.05, 0) is 42.3 Å². The molecule has 0 saturated heterocycles. The third-order valence-electron chi connectivity index (χ3n) is 5.84. The molecule has 1 amide bonds. The van der Waals surface area contributed by atoms with Gasteiger partial charge in [-0.2, -0.15) is 0 Å². The Morgan fingerprint density at radius 2 is 1.65 bits per heavy atom. The van der Waals surface area contributed by atoms with Crippen molar-refractivity contribution in [3.8, 4) is 11.5 Å². The molecule has 0 bridgehead atoms. The van der Waals surface area contributed by atoms with Gasteiger partial charge in [-0.1, -0.05) is 55.8 Å². The van der Waals surface area contributed by atoms with Crippen LogP contribution in [-0.4, -0.2) is 26.7 Å². The average Bonchev–Trinajstić information content (AvgIpc) is 3.19. The molecule has 3 aromatic rings. The number of hydrogen-bond acceptors (Lipinski definition) is 5. The third-order valence-corrected chi connectivity index (χ3v) is 5.84. The van der Waals surface area contributed by atoms with Gasteiger partial charge in [-0.25, -0.2) is 0 Å². The molecule has 6 heteroatoms. The largest absolute Gasteiger partial charge is 0.493 e. The molecule has 0 saturated carbocycles. The second-order valence-corrected chi connectivity index (χ2v) is 8.18. The number of unbranched alkanes of at least 4 members (excludes halogenated alkanes) is 1. The number of methoxy groups -OCH3 is 2. The third kappa shape index (κ3) is 5.07. The van der Waals surface area contributed by atoms with E-state index < -0.39 is 0 Å². The smallest absolute Gasteiger partial charge is 0.258 e. The molecule has 1 aliphatic heterocycles. The van der Waals surface area contributed by atoms with E-state index in [2.05, 4.69) is 35.0 Å². The summed E-state index contributed by atoms with van der Waals surface area (Å²) in [5.74, 6) is 0.969. The highest BCUT2D eigenvalue weighted by atomic mass is 16.5. The van der Waals surface area contributed by atoms with Gasteiger partial charge in [0, 0.05) is 23.9 Å². The Labute approximate surface area is 201 Å². The SMILES string of the molecule is CCCCNCc1ccc(N/C(=C2\C(=O)Nc3cc(OC)c(OC)cc32)c2ccccc2)cc1. The van der Waals surface area contributed by atoms with E-state index in [1.54, 1.807) is 20.3 Å². The second kappa shape index (κ2) is 10.9. The number of carbonyl (C=O) groups is 1. The van der Waals surface area contributed by atoms with Crippen molar-refractivity contribution in [3.63, 3.8) is 0 Å². The molecule has 0 atom stereocenters. The van der Waals surface area contributed by atoms with Crippen LogP contribution in [0.4, 0.5) is 11.4 Å². The van der Waals surface area contributed by atoms with Gasteiger partial charge in [0.05, 0.1) is 31.2 Å². The summed E-state index contributed by atoms with van der Waals surface area (Å²) in [6.07, 6.45) is 2.36. The lowest BCUT2D eigenvalue weighted by atomic mass is 9.99. The predicted octanol–water partition coefficient (Wildman–Crippen LogP) is 5.53. The number of amides is 1. The Bertz CT molecular complexity index is 1170. The number of rotatable bonds is 10. The Hall–Kier alpha value is -3.77. The molecule has 1 heterocycles. The van der Waals surface area contributed by atoms with Gasteiger partial charge >= 0.3 is 0 Å². The maximum Gasteiger partial charge on any atom is 0.258 e. The summed E-state index contributed by atoms with van der Waals surface area (Å²) in [6.45, 7) is 4.05. The van der Waals surface area contributed by atoms with Gasteiger partial charge in [0.1, 0.15) is 0 Å². The maximum atomic E-state index is 13.2. The van der Waals surface area contributed by atoms with Gasteiger partial charge in [0.2, 0.25) is 0 Å². The van der Waals surface area contributed by atoms with Crippen LogP contribution in [-0.2, 0) is 11.3 Å². The molecule has 1 aliphatic rings. The summed E-state index contributed by atoms with van der Waals surface area (Å²) in [4.78, 5) is 13.2. The normalized spacial score (nSPS) is 13.8. The number of anilines is 2. The van der Waals surface area contributed by atoms with Gasteiger partial charge in [0.25, 0.3) is 5.91 Å². The molecule has 4 rings (SSSR count). The van der Waals surface area contributed by atoms with Crippen LogP contribution in [0.5, 0.6) is 11.5 Å². The molecule has 6 nitrogen and oxygen atoms in total. The summed E-state index contributed by atoms with van der Waals surface area (Å²) < 4.78 is 10.9. The van der Waals surface area contributed by atoms with Crippen molar-refractivity contribution < 1.29 is 14.3 Å². The summed E-state index contributed by atoms with van der Waals surface area (Å²) in [5.41, 5.74) is 5.81. The molecule has 0 aliphatic carbocycles. The highest BCUT2D eigenvalue weighted by Crippen LogP contribution is 2.43. The first-order valence-electron chi connectivity index (χ1n) is 11.6. The molecular formula is C28H31N3O3. The molecule has 0 radical (unpaired) electrons. The average molecular weight is 458 g/mol. The Morgan fingerprint density at radius 1 is 0.941 bits per heavy atom. The lowest BCUT2D eigenvalue weighted by Crippen LogP contribution is -2.14. The van der Waals surface area contributed by atoms with E-state index in [1.165, 1.54) is 18.4 Å². The van der Waals surface area contributed by atoms with Crippen LogP contribution in [0.15, 0.2) is 66.7 Å². The first-order chi connectivity index (χ1) is 16.6. The van der Waals surface area contributed by atoms with Crippen molar-refractivity contribution in [2.45, 2.75) is 26.3 Å². The highest BCUT2D eigenvalue weighted by Gasteiger charge is 2.30. The van der Waals surface area contributed by atoms with Crippen LogP contribution in [0.2, 0.25) is 0 Å². The first-order valence-corrected chi connectivity index (χ1v) is 11.6. The molecular weight excluding hydrogens is 426 g/mol. The summed E-state index contributed by atoms with van der Waals surface area (Å²) in [7, 11) is 3.17. The van der Waals surface area contributed by atoms with E-state index in [0.29, 0.717) is 22.8 Å².